The highest BCUT2D eigenvalue weighted by atomic mass is 15.1. The molecule has 8 fully saturated rings. The van der Waals surface area contributed by atoms with Crippen molar-refractivity contribution in [1.29, 1.82) is 0 Å². The van der Waals surface area contributed by atoms with Gasteiger partial charge < -0.3 is 4.90 Å². The molecule has 0 aromatic heterocycles. The van der Waals surface area contributed by atoms with Crippen molar-refractivity contribution in [3.63, 3.8) is 0 Å². The van der Waals surface area contributed by atoms with Gasteiger partial charge in [0.15, 0.2) is 0 Å². The first-order chi connectivity index (χ1) is 29.1. The Bertz CT molecular complexity index is 2640. The second kappa shape index (κ2) is 12.1. The summed E-state index contributed by atoms with van der Waals surface area (Å²) < 4.78 is 0. The van der Waals surface area contributed by atoms with Gasteiger partial charge in [0, 0.05) is 27.9 Å². The van der Waals surface area contributed by atoms with Gasteiger partial charge in [0.2, 0.25) is 0 Å². The number of rotatable bonds is 4. The van der Waals surface area contributed by atoms with Crippen LogP contribution in [-0.4, -0.2) is 0 Å². The lowest BCUT2D eigenvalue weighted by Gasteiger charge is -2.61. The Morgan fingerprint density at radius 1 is 0.407 bits per heavy atom. The van der Waals surface area contributed by atoms with E-state index in [1.807, 2.05) is 0 Å². The summed E-state index contributed by atoms with van der Waals surface area (Å²) in [6.07, 6.45) is 14.2. The fourth-order valence-electron chi connectivity index (χ4n) is 16.9. The largest absolute Gasteiger partial charge is 0.310 e. The lowest BCUT2D eigenvalue weighted by atomic mass is 9.43. The summed E-state index contributed by atoms with van der Waals surface area (Å²) in [7, 11) is 0. The minimum atomic E-state index is 0.0971. The van der Waals surface area contributed by atoms with Gasteiger partial charge in [0.1, 0.15) is 0 Å². The minimum absolute atomic E-state index is 0.0971. The van der Waals surface area contributed by atoms with Crippen LogP contribution in [-0.2, 0) is 10.8 Å². The number of nitrogens with zero attached hydrogens (tertiary/aromatic N) is 1. The molecule has 1 nitrogen and oxygen atoms in total. The highest BCUT2D eigenvalue weighted by Crippen LogP contribution is 2.71. The molecule has 0 N–H and O–H groups in total. The van der Waals surface area contributed by atoms with Gasteiger partial charge >= 0.3 is 0 Å². The van der Waals surface area contributed by atoms with Crippen molar-refractivity contribution >= 4 is 17.1 Å². The molecule has 8 bridgehead atoms. The molecule has 6 atom stereocenters. The van der Waals surface area contributed by atoms with E-state index in [0.29, 0.717) is 11.8 Å². The van der Waals surface area contributed by atoms with Crippen LogP contribution in [0.3, 0.4) is 0 Å². The van der Waals surface area contributed by atoms with Crippen LogP contribution in [0.25, 0.3) is 33.4 Å². The summed E-state index contributed by atoms with van der Waals surface area (Å²) in [6, 6.07) is 55.1. The quantitative estimate of drug-likeness (QED) is 0.173. The number of hydrogen-bond acceptors (Lipinski definition) is 1. The molecule has 0 amide bonds. The van der Waals surface area contributed by atoms with Crippen LogP contribution in [0.5, 0.6) is 0 Å². The van der Waals surface area contributed by atoms with Crippen LogP contribution in [0.2, 0.25) is 0 Å². The highest BCUT2D eigenvalue weighted by Gasteiger charge is 2.63. The van der Waals surface area contributed by atoms with Crippen molar-refractivity contribution in [2.75, 3.05) is 4.90 Å². The predicted molar refractivity (Wildman–Crippen MR) is 242 cm³/mol. The van der Waals surface area contributed by atoms with Crippen LogP contribution >= 0.6 is 0 Å². The fraction of sp³-hybridized carbons (Fsp3) is 0.379. The van der Waals surface area contributed by atoms with Gasteiger partial charge in [-0.1, -0.05) is 110 Å². The smallest absolute Gasteiger partial charge is 0.0465 e. The number of fused-ring (bicyclic) bond motifs is 7. The van der Waals surface area contributed by atoms with E-state index in [0.717, 1.165) is 41.4 Å². The van der Waals surface area contributed by atoms with Gasteiger partial charge in [0.25, 0.3) is 0 Å². The molecule has 2 spiro atoms. The summed E-state index contributed by atoms with van der Waals surface area (Å²) in [4.78, 5) is 2.66. The van der Waals surface area contributed by atoms with Gasteiger partial charge in [-0.3, -0.25) is 0 Å². The second-order valence-corrected chi connectivity index (χ2v) is 20.9. The Morgan fingerprint density at radius 2 is 0.915 bits per heavy atom. The SMILES string of the molecule is C[C@H]1C2CCC3CC(C2)CC1C31c2ccccc2-c2ccc(N(c3ccc(-c4ccccc4)cc3)c3ccc4c(c3)C3(c5ccccc5-4)C4CC5CC(C4)CC3C5)cc21. The average molecular weight is 766 g/mol. The molecule has 5 unspecified atom stereocenters. The molecular weight excluding hydrogens is 711 g/mol. The lowest BCUT2D eigenvalue weighted by Crippen LogP contribution is -2.55. The molecule has 6 aromatic rings. The van der Waals surface area contributed by atoms with Gasteiger partial charge in [-0.2, -0.15) is 0 Å². The molecule has 0 saturated heterocycles. The molecule has 6 aromatic carbocycles. The van der Waals surface area contributed by atoms with Gasteiger partial charge in [-0.05, 0) is 210 Å². The van der Waals surface area contributed by atoms with Crippen LogP contribution in [0.4, 0.5) is 17.1 Å². The predicted octanol–water partition coefficient (Wildman–Crippen LogP) is 14.9. The first-order valence-electron chi connectivity index (χ1n) is 23.5. The first kappa shape index (κ1) is 33.9. The third-order valence-corrected chi connectivity index (χ3v) is 18.7. The van der Waals surface area contributed by atoms with Crippen molar-refractivity contribution in [2.45, 2.75) is 82.0 Å². The van der Waals surface area contributed by atoms with E-state index >= 15 is 0 Å². The Balaban J connectivity index is 0.979. The van der Waals surface area contributed by atoms with E-state index in [4.69, 9.17) is 0 Å². The Labute approximate surface area is 350 Å². The van der Waals surface area contributed by atoms with Crippen LogP contribution in [0.15, 0.2) is 140 Å². The zero-order valence-corrected chi connectivity index (χ0v) is 34.5. The summed E-state index contributed by atoms with van der Waals surface area (Å²) in [5.74, 6) is 7.33. The molecular formula is C58H55N. The lowest BCUT2D eigenvalue weighted by molar-refractivity contribution is -0.0399. The third-order valence-electron chi connectivity index (χ3n) is 18.7. The molecule has 16 rings (SSSR count). The van der Waals surface area contributed by atoms with Crippen molar-refractivity contribution in [3.8, 4) is 33.4 Å². The van der Waals surface area contributed by atoms with Crippen molar-refractivity contribution < 1.29 is 0 Å². The van der Waals surface area contributed by atoms with Crippen LogP contribution in [0, 0.1) is 53.3 Å². The van der Waals surface area contributed by atoms with Gasteiger partial charge in [0.05, 0.1) is 0 Å². The average Bonchev–Trinajstić information content (AvgIpc) is 3.62. The first-order valence-corrected chi connectivity index (χ1v) is 23.5. The maximum Gasteiger partial charge on any atom is 0.0465 e. The molecule has 10 aliphatic carbocycles. The molecule has 0 aliphatic heterocycles. The molecule has 0 heterocycles. The Morgan fingerprint density at radius 3 is 1.58 bits per heavy atom. The normalized spacial score (nSPS) is 34.5. The van der Waals surface area contributed by atoms with E-state index in [9.17, 15) is 0 Å². The number of hydrogen-bond donors (Lipinski definition) is 0. The number of anilines is 3. The Kier molecular flexibility index (Phi) is 6.96. The molecule has 10 aliphatic rings. The third kappa shape index (κ3) is 4.38. The van der Waals surface area contributed by atoms with Crippen molar-refractivity contribution in [2.24, 2.45) is 53.3 Å². The number of benzene rings is 6. The highest BCUT2D eigenvalue weighted by molar-refractivity contribution is 5.89. The second-order valence-electron chi connectivity index (χ2n) is 20.9. The summed E-state index contributed by atoms with van der Waals surface area (Å²) >= 11 is 0. The van der Waals surface area contributed by atoms with E-state index in [1.54, 1.807) is 22.3 Å². The van der Waals surface area contributed by atoms with E-state index in [1.165, 1.54) is 115 Å². The summed E-state index contributed by atoms with van der Waals surface area (Å²) in [5.41, 5.74) is 19.2. The van der Waals surface area contributed by atoms with Gasteiger partial charge in [-0.15, -0.1) is 0 Å². The van der Waals surface area contributed by atoms with E-state index in [-0.39, 0.29) is 10.8 Å². The van der Waals surface area contributed by atoms with E-state index < -0.39 is 0 Å². The summed E-state index contributed by atoms with van der Waals surface area (Å²) in [5, 5.41) is 0. The summed E-state index contributed by atoms with van der Waals surface area (Å²) in [6.45, 7) is 2.65. The maximum absolute atomic E-state index is 2.72. The molecule has 8 saturated carbocycles. The minimum Gasteiger partial charge on any atom is -0.310 e. The van der Waals surface area contributed by atoms with Crippen LogP contribution < -0.4 is 4.90 Å². The molecule has 59 heavy (non-hydrogen) atoms. The molecule has 1 heteroatoms. The fourth-order valence-corrected chi connectivity index (χ4v) is 16.9. The van der Waals surface area contributed by atoms with Crippen molar-refractivity contribution in [1.82, 2.24) is 0 Å². The topological polar surface area (TPSA) is 3.24 Å². The van der Waals surface area contributed by atoms with Crippen molar-refractivity contribution in [3.05, 3.63) is 162 Å². The Hall–Kier alpha value is -4.88. The zero-order valence-electron chi connectivity index (χ0n) is 34.5. The molecule has 292 valence electrons. The standard InChI is InChI=1S/C58H55N/c1-35-41-15-18-42-27-38(26-41)32-54(35)58(42)53-14-8-6-12-49(53)51-24-22-47(34-56(51)58)59(45-19-16-40(17-20-45)39-9-3-2-4-10-39)46-21-23-50-48-11-5-7-13-52(48)57(55(50)33-46)43-28-36-25-37(30-43)31-44(57)29-36/h2-14,16-17,19-24,33-38,41-44,54H,15,18,25-32H2,1H3/t35-,36?,37?,38?,41?,42?,43?,44?,54?,57?,58?/m0/s1. The van der Waals surface area contributed by atoms with E-state index in [2.05, 4.69) is 151 Å². The zero-order chi connectivity index (χ0) is 38.6. The maximum atomic E-state index is 2.72. The monoisotopic (exact) mass is 765 g/mol. The van der Waals surface area contributed by atoms with Crippen LogP contribution in [0.1, 0.15) is 93.4 Å². The molecule has 0 radical (unpaired) electrons. The van der Waals surface area contributed by atoms with Gasteiger partial charge in [-0.25, -0.2) is 0 Å².